The van der Waals surface area contributed by atoms with Gasteiger partial charge in [-0.15, -0.1) is 0 Å². The molecule has 0 bridgehead atoms. The van der Waals surface area contributed by atoms with Crippen LogP contribution in [0.4, 0.5) is 5.69 Å². The van der Waals surface area contributed by atoms with Gasteiger partial charge in [-0.3, -0.25) is 14.6 Å². The van der Waals surface area contributed by atoms with Crippen molar-refractivity contribution in [2.75, 3.05) is 11.0 Å². The Balaban J connectivity index is 2.03. The third-order valence-electron chi connectivity index (χ3n) is 2.64. The van der Waals surface area contributed by atoms with E-state index < -0.39 is 10.0 Å². The predicted octanol–water partition coefficient (Wildman–Crippen LogP) is 0.667. The highest BCUT2D eigenvalue weighted by Crippen LogP contribution is 2.12. The number of nitrogens with one attached hydrogen (secondary N) is 3. The van der Waals surface area contributed by atoms with Crippen molar-refractivity contribution in [1.29, 1.82) is 0 Å². The summed E-state index contributed by atoms with van der Waals surface area (Å²) in [6, 6.07) is 5.81. The van der Waals surface area contributed by atoms with E-state index in [1.165, 1.54) is 30.6 Å². The van der Waals surface area contributed by atoms with Crippen LogP contribution in [0.25, 0.3) is 0 Å². The van der Waals surface area contributed by atoms with Crippen LogP contribution in [-0.4, -0.2) is 35.8 Å². The van der Waals surface area contributed by atoms with Crippen molar-refractivity contribution in [3.8, 4) is 0 Å². The highest BCUT2D eigenvalue weighted by atomic mass is 32.2. The minimum absolute atomic E-state index is 0.287. The number of aromatic nitrogens is 3. The molecule has 0 radical (unpaired) electrons. The zero-order chi connectivity index (χ0) is 15.5. The summed E-state index contributed by atoms with van der Waals surface area (Å²) in [4.78, 5) is 16.0. The first-order chi connectivity index (χ1) is 9.85. The highest BCUT2D eigenvalue weighted by molar-refractivity contribution is 7.92. The summed E-state index contributed by atoms with van der Waals surface area (Å²) in [5.74, 6) is 0.267. The van der Waals surface area contributed by atoms with Crippen LogP contribution in [0.3, 0.4) is 0 Å². The van der Waals surface area contributed by atoms with Crippen LogP contribution in [0.15, 0.2) is 30.6 Å². The molecule has 21 heavy (non-hydrogen) atoms. The molecule has 112 valence electrons. The van der Waals surface area contributed by atoms with E-state index in [2.05, 4.69) is 25.2 Å². The predicted molar refractivity (Wildman–Crippen MR) is 77.2 cm³/mol. The lowest BCUT2D eigenvalue weighted by atomic mass is 10.2. The molecule has 3 N–H and O–H groups in total. The average Bonchev–Trinajstić information content (AvgIpc) is 2.91. The molecule has 1 aromatic heterocycles. The molecule has 1 amide bonds. The van der Waals surface area contributed by atoms with Crippen LogP contribution < -0.4 is 10.0 Å². The Morgan fingerprint density at radius 2 is 1.95 bits per heavy atom. The number of rotatable bonds is 5. The van der Waals surface area contributed by atoms with Gasteiger partial charge in [-0.1, -0.05) is 0 Å². The minimum Gasteiger partial charge on any atom is -0.342 e. The second-order valence-electron chi connectivity index (χ2n) is 4.52. The molecule has 8 nitrogen and oxygen atoms in total. The van der Waals surface area contributed by atoms with E-state index in [0.29, 0.717) is 17.1 Å². The molecule has 2 rings (SSSR count). The standard InChI is InChI=1S/C12H15N5O3S/c1-8(11-13-7-14-16-11)15-12(18)9-3-5-10(6-4-9)17-21(2,19)20/h3-8,17H,1-2H3,(H,15,18)(H,13,14,16). The largest absolute Gasteiger partial charge is 0.342 e. The summed E-state index contributed by atoms with van der Waals surface area (Å²) < 4.78 is 24.5. The molecule has 0 aliphatic carbocycles. The summed E-state index contributed by atoms with van der Waals surface area (Å²) in [6.45, 7) is 1.78. The highest BCUT2D eigenvalue weighted by Gasteiger charge is 2.13. The molecule has 0 spiro atoms. The fourth-order valence-electron chi connectivity index (χ4n) is 1.68. The topological polar surface area (TPSA) is 117 Å². The Bertz CT molecular complexity index is 710. The lowest BCUT2D eigenvalue weighted by molar-refractivity contribution is 0.0938. The van der Waals surface area contributed by atoms with Crippen molar-refractivity contribution in [3.05, 3.63) is 42.0 Å². The van der Waals surface area contributed by atoms with Gasteiger partial charge in [0, 0.05) is 11.3 Å². The van der Waals surface area contributed by atoms with E-state index in [1.54, 1.807) is 6.92 Å². The number of anilines is 1. The molecule has 0 aliphatic heterocycles. The fourth-order valence-corrected chi connectivity index (χ4v) is 2.24. The van der Waals surface area contributed by atoms with E-state index >= 15 is 0 Å². The molecule has 1 atom stereocenters. The van der Waals surface area contributed by atoms with Crippen molar-refractivity contribution < 1.29 is 13.2 Å². The number of aromatic amines is 1. The van der Waals surface area contributed by atoms with E-state index in [1.807, 2.05) is 0 Å². The monoisotopic (exact) mass is 309 g/mol. The second kappa shape index (κ2) is 5.92. The van der Waals surface area contributed by atoms with Gasteiger partial charge < -0.3 is 5.32 Å². The van der Waals surface area contributed by atoms with Gasteiger partial charge in [-0.2, -0.15) is 5.10 Å². The number of nitrogens with zero attached hydrogens (tertiary/aromatic N) is 2. The van der Waals surface area contributed by atoms with Gasteiger partial charge >= 0.3 is 0 Å². The number of carbonyl (C=O) groups is 1. The maximum absolute atomic E-state index is 12.0. The van der Waals surface area contributed by atoms with Gasteiger partial charge in [0.15, 0.2) is 0 Å². The molecule has 0 saturated heterocycles. The van der Waals surface area contributed by atoms with Crippen molar-refractivity contribution in [2.24, 2.45) is 0 Å². The molecule has 1 heterocycles. The number of sulfonamides is 1. The van der Waals surface area contributed by atoms with E-state index in [-0.39, 0.29) is 11.9 Å². The first kappa shape index (κ1) is 15.0. The number of amides is 1. The maximum atomic E-state index is 12.0. The minimum atomic E-state index is -3.33. The summed E-state index contributed by atoms with van der Waals surface area (Å²) >= 11 is 0. The van der Waals surface area contributed by atoms with Crippen molar-refractivity contribution in [3.63, 3.8) is 0 Å². The van der Waals surface area contributed by atoms with Crippen LogP contribution in [0, 0.1) is 0 Å². The molecule has 1 unspecified atom stereocenters. The molecule has 0 saturated carbocycles. The third kappa shape index (κ3) is 4.28. The Kier molecular flexibility index (Phi) is 4.22. The number of H-pyrrole nitrogens is 1. The van der Waals surface area contributed by atoms with Crippen molar-refractivity contribution >= 4 is 21.6 Å². The van der Waals surface area contributed by atoms with Gasteiger partial charge in [0.05, 0.1) is 12.3 Å². The third-order valence-corrected chi connectivity index (χ3v) is 3.25. The molecular formula is C12H15N5O3S. The van der Waals surface area contributed by atoms with Gasteiger partial charge in [0.25, 0.3) is 5.91 Å². The van der Waals surface area contributed by atoms with Crippen LogP contribution >= 0.6 is 0 Å². The quantitative estimate of drug-likeness (QED) is 0.750. The van der Waals surface area contributed by atoms with E-state index in [0.717, 1.165) is 6.26 Å². The van der Waals surface area contributed by atoms with Crippen molar-refractivity contribution in [2.45, 2.75) is 13.0 Å². The Labute approximate surface area is 122 Å². The maximum Gasteiger partial charge on any atom is 0.251 e. The zero-order valence-electron chi connectivity index (χ0n) is 11.5. The van der Waals surface area contributed by atoms with Gasteiger partial charge in [-0.05, 0) is 31.2 Å². The summed E-state index contributed by atoms with van der Waals surface area (Å²) in [7, 11) is -3.33. The smallest absolute Gasteiger partial charge is 0.251 e. The van der Waals surface area contributed by atoms with Crippen LogP contribution in [0.2, 0.25) is 0 Å². The molecule has 0 fully saturated rings. The van der Waals surface area contributed by atoms with Crippen LogP contribution in [0.1, 0.15) is 29.1 Å². The summed E-state index contributed by atoms with van der Waals surface area (Å²) in [5, 5.41) is 9.15. The number of hydrogen-bond acceptors (Lipinski definition) is 5. The van der Waals surface area contributed by atoms with Gasteiger partial charge in [0.2, 0.25) is 10.0 Å². The van der Waals surface area contributed by atoms with E-state index in [4.69, 9.17) is 0 Å². The Hall–Kier alpha value is -2.42. The molecule has 9 heteroatoms. The molecule has 1 aromatic carbocycles. The average molecular weight is 309 g/mol. The lowest BCUT2D eigenvalue weighted by Crippen LogP contribution is -2.27. The van der Waals surface area contributed by atoms with Crippen molar-refractivity contribution in [1.82, 2.24) is 20.5 Å². The second-order valence-corrected chi connectivity index (χ2v) is 6.27. The lowest BCUT2D eigenvalue weighted by Gasteiger charge is -2.11. The zero-order valence-corrected chi connectivity index (χ0v) is 12.3. The normalized spacial score (nSPS) is 12.7. The Morgan fingerprint density at radius 3 is 2.48 bits per heavy atom. The first-order valence-corrected chi connectivity index (χ1v) is 7.98. The molecular weight excluding hydrogens is 294 g/mol. The van der Waals surface area contributed by atoms with Gasteiger partial charge in [0.1, 0.15) is 12.2 Å². The summed E-state index contributed by atoms with van der Waals surface area (Å²) in [5.41, 5.74) is 0.817. The molecule has 0 aliphatic rings. The fraction of sp³-hybridized carbons (Fsp3) is 0.250. The van der Waals surface area contributed by atoms with Crippen LogP contribution in [0.5, 0.6) is 0 Å². The summed E-state index contributed by atoms with van der Waals surface area (Å²) in [6.07, 6.45) is 2.43. The Morgan fingerprint density at radius 1 is 1.29 bits per heavy atom. The number of carbonyl (C=O) groups excluding carboxylic acids is 1. The number of benzene rings is 1. The van der Waals surface area contributed by atoms with E-state index in [9.17, 15) is 13.2 Å². The first-order valence-electron chi connectivity index (χ1n) is 6.09. The van der Waals surface area contributed by atoms with Gasteiger partial charge in [-0.25, -0.2) is 13.4 Å². The van der Waals surface area contributed by atoms with Crippen LogP contribution in [-0.2, 0) is 10.0 Å². The SMILES string of the molecule is CC(NC(=O)c1ccc(NS(C)(=O)=O)cc1)c1ncn[nH]1. The number of hydrogen-bond donors (Lipinski definition) is 3. The molecule has 2 aromatic rings.